The standard InChI is InChI=1S/C15H20FN3O/c16-13-3-1-2-4-14(13)18-7-9-19(10-8-18)15(20)12-5-6-17-11-12/h1-4,12,17H,5-11H2/t12-/m1/s1. The lowest BCUT2D eigenvalue weighted by atomic mass is 10.1. The number of benzene rings is 1. The van der Waals surface area contributed by atoms with Gasteiger partial charge in [0.1, 0.15) is 5.82 Å². The molecule has 20 heavy (non-hydrogen) atoms. The van der Waals surface area contributed by atoms with Gasteiger partial charge in [0.15, 0.2) is 0 Å². The molecule has 4 nitrogen and oxygen atoms in total. The van der Waals surface area contributed by atoms with Gasteiger partial charge >= 0.3 is 0 Å². The lowest BCUT2D eigenvalue weighted by Gasteiger charge is -2.37. The molecular weight excluding hydrogens is 257 g/mol. The molecule has 2 heterocycles. The van der Waals surface area contributed by atoms with E-state index < -0.39 is 0 Å². The van der Waals surface area contributed by atoms with E-state index in [1.165, 1.54) is 6.07 Å². The Bertz CT molecular complexity index is 480. The monoisotopic (exact) mass is 277 g/mol. The molecule has 1 atom stereocenters. The number of nitrogens with one attached hydrogen (secondary N) is 1. The second-order valence-electron chi connectivity index (χ2n) is 5.45. The van der Waals surface area contributed by atoms with Gasteiger partial charge in [-0.15, -0.1) is 0 Å². The molecule has 5 heteroatoms. The Labute approximate surface area is 118 Å². The highest BCUT2D eigenvalue weighted by molar-refractivity contribution is 5.79. The van der Waals surface area contributed by atoms with E-state index in [2.05, 4.69) is 5.32 Å². The summed E-state index contributed by atoms with van der Waals surface area (Å²) >= 11 is 0. The molecule has 0 aromatic heterocycles. The fourth-order valence-electron chi connectivity index (χ4n) is 3.00. The summed E-state index contributed by atoms with van der Waals surface area (Å²) in [5.74, 6) is 0.200. The summed E-state index contributed by atoms with van der Waals surface area (Å²) in [4.78, 5) is 16.2. The van der Waals surface area contributed by atoms with E-state index >= 15 is 0 Å². The number of hydrogen-bond acceptors (Lipinski definition) is 3. The van der Waals surface area contributed by atoms with Crippen LogP contribution in [0.3, 0.4) is 0 Å². The number of piperazine rings is 1. The van der Waals surface area contributed by atoms with Gasteiger partial charge < -0.3 is 15.1 Å². The first kappa shape index (κ1) is 13.4. The van der Waals surface area contributed by atoms with E-state index in [0.29, 0.717) is 31.9 Å². The smallest absolute Gasteiger partial charge is 0.227 e. The predicted molar refractivity (Wildman–Crippen MR) is 76.2 cm³/mol. The Kier molecular flexibility index (Phi) is 3.87. The minimum Gasteiger partial charge on any atom is -0.366 e. The van der Waals surface area contributed by atoms with Crippen LogP contribution in [-0.2, 0) is 4.79 Å². The molecule has 2 saturated heterocycles. The maximum atomic E-state index is 13.7. The summed E-state index contributed by atoms with van der Waals surface area (Å²) in [6.45, 7) is 4.50. The number of carbonyl (C=O) groups is 1. The predicted octanol–water partition coefficient (Wildman–Crippen LogP) is 1.08. The highest BCUT2D eigenvalue weighted by Gasteiger charge is 2.29. The summed E-state index contributed by atoms with van der Waals surface area (Å²) in [7, 11) is 0. The highest BCUT2D eigenvalue weighted by Crippen LogP contribution is 2.21. The second kappa shape index (κ2) is 5.79. The molecule has 0 bridgehead atoms. The lowest BCUT2D eigenvalue weighted by Crippen LogP contribution is -2.50. The zero-order chi connectivity index (χ0) is 13.9. The van der Waals surface area contributed by atoms with Crippen molar-refractivity contribution < 1.29 is 9.18 Å². The molecular formula is C15H20FN3O. The number of hydrogen-bond donors (Lipinski definition) is 1. The van der Waals surface area contributed by atoms with Gasteiger partial charge in [-0.25, -0.2) is 4.39 Å². The molecule has 1 amide bonds. The van der Waals surface area contributed by atoms with E-state index in [1.807, 2.05) is 15.9 Å². The van der Waals surface area contributed by atoms with Crippen LogP contribution in [-0.4, -0.2) is 50.1 Å². The molecule has 2 aliphatic rings. The Morgan fingerprint density at radius 1 is 1.20 bits per heavy atom. The quantitative estimate of drug-likeness (QED) is 0.879. The van der Waals surface area contributed by atoms with Gasteiger partial charge in [0, 0.05) is 32.7 Å². The highest BCUT2D eigenvalue weighted by atomic mass is 19.1. The Morgan fingerprint density at radius 3 is 2.60 bits per heavy atom. The van der Waals surface area contributed by atoms with Crippen LogP contribution in [0.15, 0.2) is 24.3 Å². The summed E-state index contributed by atoms with van der Waals surface area (Å²) in [6.07, 6.45) is 0.937. The van der Waals surface area contributed by atoms with Gasteiger partial charge in [-0.1, -0.05) is 12.1 Å². The summed E-state index contributed by atoms with van der Waals surface area (Å²) in [5.41, 5.74) is 0.641. The molecule has 1 aromatic rings. The molecule has 0 saturated carbocycles. The Balaban J connectivity index is 1.59. The number of amides is 1. The van der Waals surface area contributed by atoms with Gasteiger partial charge in [0.05, 0.1) is 11.6 Å². The van der Waals surface area contributed by atoms with Crippen LogP contribution >= 0.6 is 0 Å². The van der Waals surface area contributed by atoms with Crippen LogP contribution in [0, 0.1) is 11.7 Å². The minimum absolute atomic E-state index is 0.134. The van der Waals surface area contributed by atoms with E-state index in [1.54, 1.807) is 12.1 Å². The molecule has 1 aromatic carbocycles. The molecule has 1 N–H and O–H groups in total. The Morgan fingerprint density at radius 2 is 1.95 bits per heavy atom. The van der Waals surface area contributed by atoms with Crippen molar-refractivity contribution in [3.63, 3.8) is 0 Å². The third-order valence-corrected chi connectivity index (χ3v) is 4.19. The molecule has 0 aliphatic carbocycles. The fraction of sp³-hybridized carbons (Fsp3) is 0.533. The first-order valence-corrected chi connectivity index (χ1v) is 7.24. The van der Waals surface area contributed by atoms with E-state index in [9.17, 15) is 9.18 Å². The van der Waals surface area contributed by atoms with Crippen molar-refractivity contribution in [2.75, 3.05) is 44.2 Å². The average molecular weight is 277 g/mol. The number of anilines is 1. The van der Waals surface area contributed by atoms with Crippen LogP contribution in [0.5, 0.6) is 0 Å². The number of para-hydroxylation sites is 1. The van der Waals surface area contributed by atoms with Crippen molar-refractivity contribution in [2.45, 2.75) is 6.42 Å². The molecule has 2 fully saturated rings. The number of halogens is 1. The van der Waals surface area contributed by atoms with Crippen molar-refractivity contribution in [1.82, 2.24) is 10.2 Å². The number of rotatable bonds is 2. The topological polar surface area (TPSA) is 35.6 Å². The van der Waals surface area contributed by atoms with Gasteiger partial charge in [0.2, 0.25) is 5.91 Å². The number of carbonyl (C=O) groups excluding carboxylic acids is 1. The van der Waals surface area contributed by atoms with Crippen LogP contribution in [0.1, 0.15) is 6.42 Å². The lowest BCUT2D eigenvalue weighted by molar-refractivity contribution is -0.135. The first-order chi connectivity index (χ1) is 9.75. The second-order valence-corrected chi connectivity index (χ2v) is 5.45. The molecule has 0 radical (unpaired) electrons. The SMILES string of the molecule is O=C([C@@H]1CCNC1)N1CCN(c2ccccc2F)CC1. The summed E-state index contributed by atoms with van der Waals surface area (Å²) in [6, 6.07) is 6.83. The molecule has 108 valence electrons. The fourth-order valence-corrected chi connectivity index (χ4v) is 3.00. The van der Waals surface area contributed by atoms with Gasteiger partial charge in [0.25, 0.3) is 0 Å². The van der Waals surface area contributed by atoms with Gasteiger partial charge in [-0.3, -0.25) is 4.79 Å². The minimum atomic E-state index is -0.188. The van der Waals surface area contributed by atoms with Crippen molar-refractivity contribution in [3.05, 3.63) is 30.1 Å². The first-order valence-electron chi connectivity index (χ1n) is 7.24. The summed E-state index contributed by atoms with van der Waals surface area (Å²) < 4.78 is 13.7. The normalized spacial score (nSPS) is 23.1. The molecule has 3 rings (SSSR count). The third-order valence-electron chi connectivity index (χ3n) is 4.19. The van der Waals surface area contributed by atoms with Crippen LogP contribution in [0.25, 0.3) is 0 Å². The van der Waals surface area contributed by atoms with Crippen LogP contribution in [0.2, 0.25) is 0 Å². The molecule has 0 spiro atoms. The molecule has 2 aliphatic heterocycles. The van der Waals surface area contributed by atoms with Crippen molar-refractivity contribution in [1.29, 1.82) is 0 Å². The summed E-state index contributed by atoms with van der Waals surface area (Å²) in [5, 5.41) is 3.23. The van der Waals surface area contributed by atoms with Crippen molar-refractivity contribution in [3.8, 4) is 0 Å². The maximum Gasteiger partial charge on any atom is 0.227 e. The molecule has 0 unspecified atom stereocenters. The van der Waals surface area contributed by atoms with Gasteiger partial charge in [-0.05, 0) is 25.1 Å². The zero-order valence-electron chi connectivity index (χ0n) is 11.5. The third kappa shape index (κ3) is 2.63. The van der Waals surface area contributed by atoms with Crippen LogP contribution in [0.4, 0.5) is 10.1 Å². The zero-order valence-corrected chi connectivity index (χ0v) is 11.5. The average Bonchev–Trinajstić information content (AvgIpc) is 3.01. The van der Waals surface area contributed by atoms with Crippen molar-refractivity contribution >= 4 is 11.6 Å². The largest absolute Gasteiger partial charge is 0.366 e. The van der Waals surface area contributed by atoms with Gasteiger partial charge in [-0.2, -0.15) is 0 Å². The van der Waals surface area contributed by atoms with E-state index in [4.69, 9.17) is 0 Å². The number of nitrogens with zero attached hydrogens (tertiary/aromatic N) is 2. The Hall–Kier alpha value is -1.62. The maximum absolute atomic E-state index is 13.7. The van der Waals surface area contributed by atoms with E-state index in [0.717, 1.165) is 19.5 Å². The van der Waals surface area contributed by atoms with E-state index in [-0.39, 0.29) is 17.6 Å². The van der Waals surface area contributed by atoms with Crippen molar-refractivity contribution in [2.24, 2.45) is 5.92 Å². The van der Waals surface area contributed by atoms with Crippen LogP contribution < -0.4 is 10.2 Å².